The fourth-order valence-electron chi connectivity index (χ4n) is 4.33. The predicted molar refractivity (Wildman–Crippen MR) is 108 cm³/mol. The summed E-state index contributed by atoms with van der Waals surface area (Å²) in [5.74, 6) is 0.728. The normalized spacial score (nSPS) is 22.7. The van der Waals surface area contributed by atoms with Crippen LogP contribution in [0, 0.1) is 13.8 Å². The maximum Gasteiger partial charge on any atom is 0.222 e. The monoisotopic (exact) mass is 366 g/mol. The second kappa shape index (κ2) is 7.95. The molecule has 27 heavy (non-hydrogen) atoms. The maximum atomic E-state index is 6.30. The van der Waals surface area contributed by atoms with Gasteiger partial charge >= 0.3 is 0 Å². The van der Waals surface area contributed by atoms with Gasteiger partial charge in [0.15, 0.2) is 0 Å². The molecule has 1 aromatic heterocycles. The minimum atomic E-state index is 0.0182. The summed E-state index contributed by atoms with van der Waals surface area (Å²) in [6.45, 7) is 8.43. The quantitative estimate of drug-likeness (QED) is 0.894. The van der Waals surface area contributed by atoms with Crippen LogP contribution < -0.4 is 5.32 Å². The van der Waals surface area contributed by atoms with Crippen molar-refractivity contribution in [2.45, 2.75) is 57.7 Å². The molecule has 144 valence electrons. The van der Waals surface area contributed by atoms with E-state index in [2.05, 4.69) is 52.2 Å². The number of rotatable bonds is 4. The lowest BCUT2D eigenvalue weighted by Crippen LogP contribution is -2.51. The van der Waals surface area contributed by atoms with E-state index >= 15 is 0 Å². The van der Waals surface area contributed by atoms with Crippen LogP contribution in [0.25, 0.3) is 0 Å². The number of hydrogen-bond acceptors (Lipinski definition) is 5. The van der Waals surface area contributed by atoms with Crippen LogP contribution in [-0.4, -0.2) is 46.2 Å². The van der Waals surface area contributed by atoms with E-state index in [1.165, 1.54) is 16.7 Å². The van der Waals surface area contributed by atoms with Gasteiger partial charge in [-0.25, -0.2) is 9.97 Å². The number of hydrogen-bond donors (Lipinski definition) is 1. The number of benzene rings is 1. The summed E-state index contributed by atoms with van der Waals surface area (Å²) in [5.41, 5.74) is 4.19. The van der Waals surface area contributed by atoms with Crippen molar-refractivity contribution in [3.63, 3.8) is 0 Å². The molecule has 0 radical (unpaired) electrons. The van der Waals surface area contributed by atoms with Crippen LogP contribution in [0.1, 0.15) is 42.4 Å². The van der Waals surface area contributed by atoms with E-state index in [-0.39, 0.29) is 5.60 Å². The van der Waals surface area contributed by atoms with Gasteiger partial charge in [0.1, 0.15) is 0 Å². The summed E-state index contributed by atoms with van der Waals surface area (Å²) >= 11 is 0. The van der Waals surface area contributed by atoms with Crippen LogP contribution in [0.3, 0.4) is 0 Å². The Morgan fingerprint density at radius 2 is 1.93 bits per heavy atom. The van der Waals surface area contributed by atoms with Crippen LogP contribution >= 0.6 is 0 Å². The van der Waals surface area contributed by atoms with Crippen molar-refractivity contribution in [1.29, 1.82) is 0 Å². The van der Waals surface area contributed by atoms with Gasteiger partial charge in [-0.05, 0) is 62.3 Å². The zero-order valence-corrected chi connectivity index (χ0v) is 16.4. The van der Waals surface area contributed by atoms with E-state index in [1.807, 2.05) is 6.07 Å². The summed E-state index contributed by atoms with van der Waals surface area (Å²) in [6, 6.07) is 9.08. The summed E-state index contributed by atoms with van der Waals surface area (Å²) in [4.78, 5) is 11.2. The van der Waals surface area contributed by atoms with E-state index in [0.29, 0.717) is 6.04 Å². The average molecular weight is 367 g/mol. The van der Waals surface area contributed by atoms with E-state index in [4.69, 9.17) is 4.74 Å². The highest BCUT2D eigenvalue weighted by Crippen LogP contribution is 2.36. The Bertz CT molecular complexity index is 756. The van der Waals surface area contributed by atoms with Gasteiger partial charge < -0.3 is 10.1 Å². The largest absolute Gasteiger partial charge is 0.375 e. The molecule has 5 nitrogen and oxygen atoms in total. The summed E-state index contributed by atoms with van der Waals surface area (Å²) < 4.78 is 6.30. The topological polar surface area (TPSA) is 50.3 Å². The third-order valence-corrected chi connectivity index (χ3v) is 6.14. The third kappa shape index (κ3) is 4.47. The molecule has 2 aromatic rings. The van der Waals surface area contributed by atoms with Gasteiger partial charge in [0.25, 0.3) is 0 Å². The maximum absolute atomic E-state index is 6.30. The Hall–Kier alpha value is -1.98. The van der Waals surface area contributed by atoms with Gasteiger partial charge in [0.2, 0.25) is 5.95 Å². The first-order valence-corrected chi connectivity index (χ1v) is 10.1. The lowest BCUT2D eigenvalue weighted by atomic mass is 9.82. The molecule has 1 spiro atoms. The molecule has 2 fully saturated rings. The van der Waals surface area contributed by atoms with Crippen molar-refractivity contribution in [2.24, 2.45) is 0 Å². The lowest BCUT2D eigenvalue weighted by molar-refractivity contribution is -0.115. The fraction of sp³-hybridized carbons (Fsp3) is 0.545. The van der Waals surface area contributed by atoms with Crippen molar-refractivity contribution in [2.75, 3.05) is 25.0 Å². The molecule has 2 saturated heterocycles. The number of nitrogens with zero attached hydrogens (tertiary/aromatic N) is 3. The zero-order valence-electron chi connectivity index (χ0n) is 16.4. The number of anilines is 1. The molecule has 0 amide bonds. The molecule has 2 aliphatic rings. The number of ether oxygens (including phenoxy) is 1. The second-order valence-electron chi connectivity index (χ2n) is 8.13. The van der Waals surface area contributed by atoms with Gasteiger partial charge in [-0.3, -0.25) is 4.90 Å². The summed E-state index contributed by atoms with van der Waals surface area (Å²) in [7, 11) is 0. The predicted octanol–water partition coefficient (Wildman–Crippen LogP) is 3.72. The molecule has 1 N–H and O–H groups in total. The van der Waals surface area contributed by atoms with E-state index < -0.39 is 0 Å². The highest BCUT2D eigenvalue weighted by molar-refractivity contribution is 5.30. The van der Waals surface area contributed by atoms with Crippen LogP contribution in [0.15, 0.2) is 36.7 Å². The highest BCUT2D eigenvalue weighted by Gasteiger charge is 2.40. The molecule has 3 heterocycles. The Kier molecular flexibility index (Phi) is 5.41. The molecule has 0 unspecified atom stereocenters. The van der Waals surface area contributed by atoms with Gasteiger partial charge in [-0.1, -0.05) is 18.2 Å². The van der Waals surface area contributed by atoms with Crippen LogP contribution in [0.2, 0.25) is 0 Å². The smallest absolute Gasteiger partial charge is 0.222 e. The lowest BCUT2D eigenvalue weighted by Gasteiger charge is -2.46. The molecular weight excluding hydrogens is 336 g/mol. The summed E-state index contributed by atoms with van der Waals surface area (Å²) in [5, 5.41) is 3.50. The Morgan fingerprint density at radius 3 is 2.67 bits per heavy atom. The zero-order chi connectivity index (χ0) is 18.7. The summed E-state index contributed by atoms with van der Waals surface area (Å²) in [6.07, 6.45) is 7.85. The SMILES string of the molecule is Cc1ccc(CN2CCC3(CC2)C[C@@H](Nc2ncccn2)CCO3)cc1C. The van der Waals surface area contributed by atoms with Gasteiger partial charge in [-0.2, -0.15) is 0 Å². The molecule has 4 rings (SSSR count). The van der Waals surface area contributed by atoms with Crippen molar-refractivity contribution in [1.82, 2.24) is 14.9 Å². The number of likely N-dealkylation sites (tertiary alicyclic amines) is 1. The molecule has 1 aromatic carbocycles. The molecule has 1 atom stereocenters. The molecule has 2 aliphatic heterocycles. The minimum Gasteiger partial charge on any atom is -0.375 e. The van der Waals surface area contributed by atoms with Crippen LogP contribution in [0.5, 0.6) is 0 Å². The average Bonchev–Trinajstić information content (AvgIpc) is 2.68. The van der Waals surface area contributed by atoms with E-state index in [9.17, 15) is 0 Å². The molecule has 0 bridgehead atoms. The van der Waals surface area contributed by atoms with E-state index in [0.717, 1.165) is 57.9 Å². The number of aryl methyl sites for hydroxylation is 2. The van der Waals surface area contributed by atoms with Gasteiger partial charge in [-0.15, -0.1) is 0 Å². The number of nitrogens with one attached hydrogen (secondary N) is 1. The van der Waals surface area contributed by atoms with Crippen LogP contribution in [-0.2, 0) is 11.3 Å². The first kappa shape index (κ1) is 18.4. The Morgan fingerprint density at radius 1 is 1.15 bits per heavy atom. The highest BCUT2D eigenvalue weighted by atomic mass is 16.5. The third-order valence-electron chi connectivity index (χ3n) is 6.14. The molecule has 0 saturated carbocycles. The van der Waals surface area contributed by atoms with Crippen molar-refractivity contribution in [3.05, 3.63) is 53.3 Å². The van der Waals surface area contributed by atoms with E-state index in [1.54, 1.807) is 12.4 Å². The van der Waals surface area contributed by atoms with Crippen molar-refractivity contribution < 1.29 is 4.74 Å². The Labute approximate surface area is 162 Å². The molecule has 5 heteroatoms. The van der Waals surface area contributed by atoms with Crippen LogP contribution in [0.4, 0.5) is 5.95 Å². The molecule has 0 aliphatic carbocycles. The first-order valence-electron chi connectivity index (χ1n) is 10.1. The number of aromatic nitrogens is 2. The Balaban J connectivity index is 1.32. The second-order valence-corrected chi connectivity index (χ2v) is 8.13. The minimum absolute atomic E-state index is 0.0182. The van der Waals surface area contributed by atoms with Gasteiger partial charge in [0.05, 0.1) is 5.60 Å². The van der Waals surface area contributed by atoms with Crippen molar-refractivity contribution in [3.8, 4) is 0 Å². The standard InChI is InChI=1S/C22H30N4O/c1-17-4-5-19(14-18(17)2)16-26-11-7-22(8-12-26)15-20(6-13-27-22)25-21-23-9-3-10-24-21/h3-5,9-10,14,20H,6-8,11-13,15-16H2,1-2H3,(H,23,24,25)/t20-/m0/s1. The van der Waals surface area contributed by atoms with Crippen molar-refractivity contribution >= 4 is 5.95 Å². The van der Waals surface area contributed by atoms with Gasteiger partial charge in [0, 0.05) is 44.7 Å². The molecular formula is C22H30N4O. The number of piperidine rings is 1. The first-order chi connectivity index (χ1) is 13.1. The fourth-order valence-corrected chi connectivity index (χ4v) is 4.33.